The monoisotopic (exact) mass is 505 g/mol. The van der Waals surface area contributed by atoms with Gasteiger partial charge in [0.05, 0.1) is 39.8 Å². The third kappa shape index (κ3) is 7.09. The van der Waals surface area contributed by atoms with Gasteiger partial charge in [0.25, 0.3) is 0 Å². The van der Waals surface area contributed by atoms with E-state index in [-0.39, 0.29) is 5.82 Å². The molecule has 36 heavy (non-hydrogen) atoms. The number of carboxylic acid groups (broad SMARTS) is 2. The van der Waals surface area contributed by atoms with E-state index in [1.165, 1.54) is 12.1 Å². The summed E-state index contributed by atoms with van der Waals surface area (Å²) >= 11 is 0. The van der Waals surface area contributed by atoms with E-state index in [0.29, 0.717) is 42.9 Å². The van der Waals surface area contributed by atoms with Crippen LogP contribution in [0.1, 0.15) is 5.56 Å². The van der Waals surface area contributed by atoms with Crippen LogP contribution >= 0.6 is 0 Å². The van der Waals surface area contributed by atoms with E-state index < -0.39 is 11.9 Å². The average molecular weight is 505 g/mol. The van der Waals surface area contributed by atoms with Crippen LogP contribution in [-0.4, -0.2) is 66.7 Å². The fraction of sp³-hybridized carbons (Fsp3) is 0.292. The molecule has 2 aromatic carbocycles. The second-order valence-electron chi connectivity index (χ2n) is 7.08. The van der Waals surface area contributed by atoms with Gasteiger partial charge >= 0.3 is 11.9 Å². The predicted molar refractivity (Wildman–Crippen MR) is 128 cm³/mol. The van der Waals surface area contributed by atoms with Gasteiger partial charge in [-0.15, -0.1) is 0 Å². The third-order valence-corrected chi connectivity index (χ3v) is 4.92. The molecule has 0 spiro atoms. The summed E-state index contributed by atoms with van der Waals surface area (Å²) < 4.78 is 36.9. The Bertz CT molecular complexity index is 1150. The molecule has 0 aliphatic heterocycles. The molecule has 194 valence electrons. The summed E-state index contributed by atoms with van der Waals surface area (Å²) in [4.78, 5) is 22.7. The minimum atomic E-state index is -1.82. The van der Waals surface area contributed by atoms with E-state index in [1.807, 2.05) is 16.7 Å². The van der Waals surface area contributed by atoms with E-state index in [0.717, 1.165) is 16.8 Å². The summed E-state index contributed by atoms with van der Waals surface area (Å²) in [5, 5.41) is 18.1. The molecule has 0 aliphatic rings. The molecule has 0 unspecified atom stereocenters. The standard InChI is InChI=1S/C22H26FN3O4.C2H2O4/c1-27-12-11-26-18(15-5-8-17(23)9-6-15)14-25-22(26)24-13-16-7-10-19(28-2)21(30-4)20(16)29-3;3-1(4)2(5)6/h5-10,14H,11-13H2,1-4H3,(H,24,25);(H,3,4)(H,5,6). The zero-order valence-corrected chi connectivity index (χ0v) is 20.3. The smallest absolute Gasteiger partial charge is 0.414 e. The molecule has 0 aliphatic carbocycles. The summed E-state index contributed by atoms with van der Waals surface area (Å²) in [7, 11) is 6.39. The van der Waals surface area contributed by atoms with Gasteiger partial charge in [-0.1, -0.05) is 0 Å². The van der Waals surface area contributed by atoms with Crippen molar-refractivity contribution in [1.29, 1.82) is 0 Å². The molecule has 0 bridgehead atoms. The normalized spacial score (nSPS) is 10.1. The quantitative estimate of drug-likeness (QED) is 0.352. The molecule has 3 aromatic rings. The molecule has 0 atom stereocenters. The Morgan fingerprint density at radius 3 is 2.11 bits per heavy atom. The maximum atomic E-state index is 13.3. The van der Waals surface area contributed by atoms with Crippen LogP contribution in [-0.2, 0) is 27.4 Å². The van der Waals surface area contributed by atoms with Gasteiger partial charge < -0.3 is 39.0 Å². The number of aromatic nitrogens is 2. The number of halogens is 1. The fourth-order valence-electron chi connectivity index (χ4n) is 3.25. The highest BCUT2D eigenvalue weighted by Crippen LogP contribution is 2.40. The molecule has 1 aromatic heterocycles. The number of benzene rings is 2. The lowest BCUT2D eigenvalue weighted by Gasteiger charge is -2.17. The molecular weight excluding hydrogens is 477 g/mol. The largest absolute Gasteiger partial charge is 0.493 e. The van der Waals surface area contributed by atoms with Gasteiger partial charge in [-0.25, -0.2) is 19.0 Å². The van der Waals surface area contributed by atoms with Crippen molar-refractivity contribution in [2.75, 3.05) is 40.4 Å². The second kappa shape index (κ2) is 13.5. The van der Waals surface area contributed by atoms with Crippen molar-refractivity contribution in [3.63, 3.8) is 0 Å². The van der Waals surface area contributed by atoms with Gasteiger partial charge in [-0.05, 0) is 36.4 Å². The molecule has 0 fully saturated rings. The minimum absolute atomic E-state index is 0.277. The second-order valence-corrected chi connectivity index (χ2v) is 7.08. The highest BCUT2D eigenvalue weighted by molar-refractivity contribution is 6.27. The number of nitrogens with one attached hydrogen (secondary N) is 1. The van der Waals surface area contributed by atoms with Crippen molar-refractivity contribution in [2.45, 2.75) is 13.1 Å². The molecule has 0 amide bonds. The molecule has 11 nitrogen and oxygen atoms in total. The Labute approximate surface area is 207 Å². The van der Waals surface area contributed by atoms with E-state index in [4.69, 9.17) is 38.7 Å². The lowest BCUT2D eigenvalue weighted by Crippen LogP contribution is -2.12. The topological polar surface area (TPSA) is 141 Å². The van der Waals surface area contributed by atoms with Crippen molar-refractivity contribution in [1.82, 2.24) is 9.55 Å². The summed E-state index contributed by atoms with van der Waals surface area (Å²) in [6.07, 6.45) is 1.76. The van der Waals surface area contributed by atoms with Crippen LogP contribution in [0.25, 0.3) is 11.3 Å². The molecule has 0 saturated heterocycles. The van der Waals surface area contributed by atoms with E-state index in [9.17, 15) is 4.39 Å². The third-order valence-electron chi connectivity index (χ3n) is 4.92. The van der Waals surface area contributed by atoms with Crippen molar-refractivity contribution < 1.29 is 43.1 Å². The SMILES string of the molecule is COCCn1c(-c2ccc(F)cc2)cnc1NCc1ccc(OC)c(OC)c1OC.O=C(O)C(=O)O. The summed E-state index contributed by atoms with van der Waals surface area (Å²) in [5.74, 6) is -1.53. The maximum absolute atomic E-state index is 13.3. The van der Waals surface area contributed by atoms with Crippen LogP contribution in [0.3, 0.4) is 0 Å². The first-order valence-electron chi connectivity index (χ1n) is 10.6. The first kappa shape index (κ1) is 27.9. The minimum Gasteiger partial charge on any atom is -0.493 e. The molecule has 3 rings (SSSR count). The summed E-state index contributed by atoms with van der Waals surface area (Å²) in [6.45, 7) is 1.56. The summed E-state index contributed by atoms with van der Waals surface area (Å²) in [5.41, 5.74) is 2.63. The Kier molecular flexibility index (Phi) is 10.5. The lowest BCUT2D eigenvalue weighted by molar-refractivity contribution is -0.159. The van der Waals surface area contributed by atoms with Crippen molar-refractivity contribution in [2.24, 2.45) is 0 Å². The lowest BCUT2D eigenvalue weighted by atomic mass is 10.1. The Balaban J connectivity index is 0.000000678. The average Bonchev–Trinajstić information content (AvgIpc) is 3.28. The molecule has 0 radical (unpaired) electrons. The maximum Gasteiger partial charge on any atom is 0.414 e. The Morgan fingerprint density at radius 2 is 1.58 bits per heavy atom. The van der Waals surface area contributed by atoms with E-state index >= 15 is 0 Å². The van der Waals surface area contributed by atoms with Crippen LogP contribution in [0.5, 0.6) is 17.2 Å². The van der Waals surface area contributed by atoms with Crippen LogP contribution in [0.4, 0.5) is 10.3 Å². The van der Waals surface area contributed by atoms with Gasteiger partial charge in [-0.3, -0.25) is 0 Å². The number of rotatable bonds is 10. The van der Waals surface area contributed by atoms with Crippen molar-refractivity contribution in [3.05, 3.63) is 54.0 Å². The molecule has 12 heteroatoms. The first-order valence-corrected chi connectivity index (χ1v) is 10.6. The number of aliphatic carboxylic acids is 2. The zero-order chi connectivity index (χ0) is 26.7. The number of ether oxygens (including phenoxy) is 4. The molecule has 0 saturated carbocycles. The molecular formula is C24H28FN3O8. The number of anilines is 1. The number of imidazole rings is 1. The first-order chi connectivity index (χ1) is 17.3. The van der Waals surface area contributed by atoms with Crippen molar-refractivity contribution in [3.8, 4) is 28.5 Å². The van der Waals surface area contributed by atoms with E-state index in [2.05, 4.69) is 10.3 Å². The van der Waals surface area contributed by atoms with Gasteiger partial charge in [0.2, 0.25) is 11.7 Å². The number of nitrogens with zero attached hydrogens (tertiary/aromatic N) is 2. The highest BCUT2D eigenvalue weighted by atomic mass is 19.1. The highest BCUT2D eigenvalue weighted by Gasteiger charge is 2.17. The number of methoxy groups -OCH3 is 4. The number of hydrogen-bond acceptors (Lipinski definition) is 8. The number of carbonyl (C=O) groups is 2. The van der Waals surface area contributed by atoms with Gasteiger partial charge in [0, 0.05) is 31.3 Å². The Hall–Kier alpha value is -4.32. The van der Waals surface area contributed by atoms with Crippen LogP contribution in [0, 0.1) is 5.82 Å². The Morgan fingerprint density at radius 1 is 0.944 bits per heavy atom. The van der Waals surface area contributed by atoms with E-state index in [1.54, 1.807) is 46.8 Å². The van der Waals surface area contributed by atoms with Crippen LogP contribution in [0.2, 0.25) is 0 Å². The summed E-state index contributed by atoms with van der Waals surface area (Å²) in [6, 6.07) is 10.1. The van der Waals surface area contributed by atoms with Gasteiger partial charge in [0.1, 0.15) is 5.82 Å². The number of carboxylic acids is 2. The van der Waals surface area contributed by atoms with Crippen LogP contribution < -0.4 is 19.5 Å². The molecule has 1 heterocycles. The zero-order valence-electron chi connectivity index (χ0n) is 20.3. The fourth-order valence-corrected chi connectivity index (χ4v) is 3.25. The van der Waals surface area contributed by atoms with Crippen LogP contribution in [0.15, 0.2) is 42.6 Å². The van der Waals surface area contributed by atoms with Gasteiger partial charge in [-0.2, -0.15) is 0 Å². The molecule has 3 N–H and O–H groups in total. The number of hydrogen-bond donors (Lipinski definition) is 3. The van der Waals surface area contributed by atoms with Crippen molar-refractivity contribution >= 4 is 17.9 Å². The van der Waals surface area contributed by atoms with Gasteiger partial charge in [0.15, 0.2) is 11.5 Å². The predicted octanol–water partition coefficient (Wildman–Crippen LogP) is 3.13.